The first-order chi connectivity index (χ1) is 41.0. The van der Waals surface area contributed by atoms with Crippen molar-refractivity contribution in [3.8, 4) is 0 Å². The standard InChI is InChI=1S/C77H134O6/c1-4-7-10-13-16-19-22-25-28-30-32-34-36-38-40-42-44-46-49-52-55-58-61-64-67-70-76(79)82-73-74(72-81-75(78)69-66-63-60-57-54-51-48-27-24-21-18-15-12-9-6-3)83-77(80)71-68-65-62-59-56-53-50-47-45-43-41-39-37-35-33-31-29-26-23-20-17-14-11-8-5-2/h7,10,16,18-19,21,23,25-28,31-34,48,74H,4-6,8-9,11-15,17,20,22,24,29-30,35-47,49-73H2,1-3H3/b10-7-,19-16-,21-18-,26-23-,28-25-,33-31-,34-32-,48-27-. The van der Waals surface area contributed by atoms with Gasteiger partial charge in [0.1, 0.15) is 13.2 Å². The van der Waals surface area contributed by atoms with Crippen molar-refractivity contribution < 1.29 is 28.6 Å². The molecule has 0 bridgehead atoms. The van der Waals surface area contributed by atoms with Gasteiger partial charge in [-0.25, -0.2) is 0 Å². The number of rotatable bonds is 65. The molecule has 0 aromatic carbocycles. The zero-order valence-electron chi connectivity index (χ0n) is 54.9. The molecular formula is C77H134O6. The van der Waals surface area contributed by atoms with Crippen molar-refractivity contribution in [3.05, 3.63) is 97.2 Å². The van der Waals surface area contributed by atoms with E-state index in [1.54, 1.807) is 0 Å². The second-order valence-electron chi connectivity index (χ2n) is 23.8. The van der Waals surface area contributed by atoms with E-state index in [4.69, 9.17) is 14.2 Å². The van der Waals surface area contributed by atoms with E-state index in [1.807, 2.05) is 0 Å². The predicted molar refractivity (Wildman–Crippen MR) is 362 cm³/mol. The highest BCUT2D eigenvalue weighted by Crippen LogP contribution is 2.17. The molecule has 478 valence electrons. The van der Waals surface area contributed by atoms with E-state index < -0.39 is 6.10 Å². The summed E-state index contributed by atoms with van der Waals surface area (Å²) in [4.78, 5) is 38.5. The summed E-state index contributed by atoms with van der Waals surface area (Å²) in [7, 11) is 0. The molecule has 83 heavy (non-hydrogen) atoms. The average Bonchev–Trinajstić information content (AvgIpc) is 3.49. The van der Waals surface area contributed by atoms with Crippen LogP contribution in [0, 0.1) is 0 Å². The zero-order valence-corrected chi connectivity index (χ0v) is 54.9. The van der Waals surface area contributed by atoms with Gasteiger partial charge in [0.2, 0.25) is 0 Å². The number of esters is 3. The van der Waals surface area contributed by atoms with Gasteiger partial charge in [-0.05, 0) is 122 Å². The molecule has 0 saturated heterocycles. The molecule has 0 rings (SSSR count). The monoisotopic (exact) mass is 1160 g/mol. The van der Waals surface area contributed by atoms with Crippen molar-refractivity contribution in [2.24, 2.45) is 0 Å². The Morgan fingerprint density at radius 1 is 0.253 bits per heavy atom. The number of hydrogen-bond donors (Lipinski definition) is 0. The Bertz CT molecular complexity index is 1610. The first-order valence-electron chi connectivity index (χ1n) is 35.7. The molecule has 0 saturated carbocycles. The van der Waals surface area contributed by atoms with Crippen molar-refractivity contribution in [2.75, 3.05) is 13.2 Å². The molecule has 0 heterocycles. The average molecular weight is 1160 g/mol. The van der Waals surface area contributed by atoms with E-state index in [0.29, 0.717) is 19.3 Å². The second-order valence-corrected chi connectivity index (χ2v) is 23.8. The van der Waals surface area contributed by atoms with Gasteiger partial charge < -0.3 is 14.2 Å². The fourth-order valence-corrected chi connectivity index (χ4v) is 10.2. The largest absolute Gasteiger partial charge is 0.462 e. The van der Waals surface area contributed by atoms with E-state index in [0.717, 1.165) is 109 Å². The van der Waals surface area contributed by atoms with Crippen molar-refractivity contribution >= 4 is 17.9 Å². The summed E-state index contributed by atoms with van der Waals surface area (Å²) in [6.07, 6.45) is 95.7. The van der Waals surface area contributed by atoms with Gasteiger partial charge in [0.15, 0.2) is 6.10 Å². The van der Waals surface area contributed by atoms with Crippen LogP contribution < -0.4 is 0 Å². The Morgan fingerprint density at radius 3 is 0.759 bits per heavy atom. The molecule has 1 unspecified atom stereocenters. The Hall–Kier alpha value is -3.67. The van der Waals surface area contributed by atoms with Crippen LogP contribution in [0.5, 0.6) is 0 Å². The Labute approximate surface area is 515 Å². The maximum absolute atomic E-state index is 13.0. The highest BCUT2D eigenvalue weighted by Gasteiger charge is 2.19. The van der Waals surface area contributed by atoms with Gasteiger partial charge in [0, 0.05) is 19.3 Å². The zero-order chi connectivity index (χ0) is 59.9. The second kappa shape index (κ2) is 70.8. The third kappa shape index (κ3) is 69.0. The van der Waals surface area contributed by atoms with E-state index >= 15 is 0 Å². The lowest BCUT2D eigenvalue weighted by Crippen LogP contribution is -2.30. The van der Waals surface area contributed by atoms with E-state index in [9.17, 15) is 14.4 Å². The Morgan fingerprint density at radius 2 is 0.470 bits per heavy atom. The number of unbranched alkanes of at least 4 members (excludes halogenated alkanes) is 38. The van der Waals surface area contributed by atoms with Crippen molar-refractivity contribution in [1.82, 2.24) is 0 Å². The lowest BCUT2D eigenvalue weighted by atomic mass is 10.0. The van der Waals surface area contributed by atoms with Gasteiger partial charge in [-0.3, -0.25) is 14.4 Å². The number of carbonyl (C=O) groups excluding carboxylic acids is 3. The molecule has 0 aliphatic rings. The molecule has 0 aromatic rings. The van der Waals surface area contributed by atoms with Crippen LogP contribution in [0.2, 0.25) is 0 Å². The van der Waals surface area contributed by atoms with Crippen LogP contribution >= 0.6 is 0 Å². The minimum atomic E-state index is -0.787. The highest BCUT2D eigenvalue weighted by atomic mass is 16.6. The minimum Gasteiger partial charge on any atom is -0.462 e. The molecule has 0 fully saturated rings. The van der Waals surface area contributed by atoms with Crippen LogP contribution in [-0.4, -0.2) is 37.2 Å². The first kappa shape index (κ1) is 79.3. The quantitative estimate of drug-likeness (QED) is 0.0261. The van der Waals surface area contributed by atoms with E-state index in [2.05, 4.69) is 118 Å². The van der Waals surface area contributed by atoms with Gasteiger partial charge in [-0.1, -0.05) is 311 Å². The number of ether oxygens (including phenoxy) is 3. The number of allylic oxidation sites excluding steroid dienone is 16. The van der Waals surface area contributed by atoms with Crippen LogP contribution in [0.15, 0.2) is 97.2 Å². The summed E-state index contributed by atoms with van der Waals surface area (Å²) in [5.41, 5.74) is 0. The summed E-state index contributed by atoms with van der Waals surface area (Å²) >= 11 is 0. The first-order valence-corrected chi connectivity index (χ1v) is 35.7. The third-order valence-electron chi connectivity index (χ3n) is 15.5. The lowest BCUT2D eigenvalue weighted by Gasteiger charge is -2.18. The normalized spacial score (nSPS) is 12.7. The molecule has 1 atom stereocenters. The van der Waals surface area contributed by atoms with Crippen molar-refractivity contribution in [2.45, 2.75) is 361 Å². The Kier molecular flexibility index (Phi) is 67.7. The predicted octanol–water partition coefficient (Wildman–Crippen LogP) is 24.8. The summed E-state index contributed by atoms with van der Waals surface area (Å²) in [6, 6.07) is 0. The summed E-state index contributed by atoms with van der Waals surface area (Å²) in [5.74, 6) is -0.881. The van der Waals surface area contributed by atoms with E-state index in [1.165, 1.54) is 205 Å². The summed E-state index contributed by atoms with van der Waals surface area (Å²) in [5, 5.41) is 0. The molecular weight excluding hydrogens is 1020 g/mol. The molecule has 0 aliphatic carbocycles. The number of hydrogen-bond acceptors (Lipinski definition) is 6. The fourth-order valence-electron chi connectivity index (χ4n) is 10.2. The molecule has 0 N–H and O–H groups in total. The van der Waals surface area contributed by atoms with Crippen molar-refractivity contribution in [1.29, 1.82) is 0 Å². The van der Waals surface area contributed by atoms with Crippen molar-refractivity contribution in [3.63, 3.8) is 0 Å². The lowest BCUT2D eigenvalue weighted by molar-refractivity contribution is -0.167. The molecule has 0 radical (unpaired) electrons. The van der Waals surface area contributed by atoms with E-state index in [-0.39, 0.29) is 31.1 Å². The topological polar surface area (TPSA) is 78.9 Å². The number of carbonyl (C=O) groups is 3. The fraction of sp³-hybridized carbons (Fsp3) is 0.753. The van der Waals surface area contributed by atoms with Crippen LogP contribution in [0.4, 0.5) is 0 Å². The van der Waals surface area contributed by atoms with Crippen LogP contribution in [0.1, 0.15) is 355 Å². The van der Waals surface area contributed by atoms with Crippen LogP contribution in [0.3, 0.4) is 0 Å². The molecule has 6 heteroatoms. The van der Waals surface area contributed by atoms with Gasteiger partial charge in [-0.2, -0.15) is 0 Å². The maximum Gasteiger partial charge on any atom is 0.306 e. The molecule has 0 aromatic heterocycles. The molecule has 6 nitrogen and oxygen atoms in total. The molecule has 0 aliphatic heterocycles. The molecule has 0 amide bonds. The van der Waals surface area contributed by atoms with Crippen LogP contribution in [0.25, 0.3) is 0 Å². The summed E-state index contributed by atoms with van der Waals surface area (Å²) in [6.45, 7) is 6.52. The molecule has 0 spiro atoms. The smallest absolute Gasteiger partial charge is 0.306 e. The van der Waals surface area contributed by atoms with Gasteiger partial charge >= 0.3 is 17.9 Å². The van der Waals surface area contributed by atoms with Gasteiger partial charge in [0.05, 0.1) is 0 Å². The summed E-state index contributed by atoms with van der Waals surface area (Å²) < 4.78 is 17.0. The Balaban J connectivity index is 4.32. The third-order valence-corrected chi connectivity index (χ3v) is 15.5. The van der Waals surface area contributed by atoms with Gasteiger partial charge in [0.25, 0.3) is 0 Å². The highest BCUT2D eigenvalue weighted by molar-refractivity contribution is 5.71. The SMILES string of the molecule is CC/C=C\C/C=C\C/C=C\C/C=C\CCCCCCCCCCCCCCC(=O)OCC(COC(=O)CCCCCCC/C=C\C/C=C\CCCCC)OC(=O)CCCCCCCCCCCCCCC/C=C\C/C=C\CCCCCCC. The maximum atomic E-state index is 13.0. The van der Waals surface area contributed by atoms with Crippen LogP contribution in [-0.2, 0) is 28.6 Å². The minimum absolute atomic E-state index is 0.0813. The van der Waals surface area contributed by atoms with Gasteiger partial charge in [-0.15, -0.1) is 0 Å².